The van der Waals surface area contributed by atoms with Crippen LogP contribution in [-0.4, -0.2) is 37.4 Å². The van der Waals surface area contributed by atoms with E-state index in [9.17, 15) is 4.79 Å². The summed E-state index contributed by atoms with van der Waals surface area (Å²) in [5, 5.41) is 0. The highest BCUT2D eigenvalue weighted by Gasteiger charge is 2.56. The Morgan fingerprint density at radius 1 is 1.00 bits per heavy atom. The molecule has 2 aliphatic rings. The van der Waals surface area contributed by atoms with Crippen molar-refractivity contribution >= 4 is 6.09 Å². The molecule has 0 saturated carbocycles. The topological polar surface area (TPSA) is 48.0 Å². The molecule has 1 unspecified atom stereocenters. The maximum Gasteiger partial charge on any atom is 0.411 e. The molecule has 32 heavy (non-hydrogen) atoms. The number of nitrogens with zero attached hydrogens (tertiary/aromatic N) is 1. The van der Waals surface area contributed by atoms with Gasteiger partial charge in [-0.15, -0.1) is 0 Å². The molecule has 0 aromatic heterocycles. The Morgan fingerprint density at radius 3 is 2.22 bits per heavy atom. The van der Waals surface area contributed by atoms with E-state index in [1.165, 1.54) is 7.11 Å². The molecule has 0 spiro atoms. The first-order chi connectivity index (χ1) is 15.7. The van der Waals surface area contributed by atoms with Crippen LogP contribution in [0.25, 0.3) is 11.1 Å². The average Bonchev–Trinajstić information content (AvgIpc) is 3.36. The van der Waals surface area contributed by atoms with Gasteiger partial charge in [0.2, 0.25) is 0 Å². The number of amides is 1. The molecule has 5 rings (SSSR count). The van der Waals surface area contributed by atoms with Crippen molar-refractivity contribution in [1.82, 2.24) is 4.90 Å². The molecule has 162 valence electrons. The Morgan fingerprint density at radius 2 is 1.59 bits per heavy atom. The van der Waals surface area contributed by atoms with Gasteiger partial charge in [-0.3, -0.25) is 4.90 Å². The van der Waals surface area contributed by atoms with Gasteiger partial charge >= 0.3 is 6.09 Å². The lowest BCUT2D eigenvalue weighted by molar-refractivity contribution is -0.263. The maximum absolute atomic E-state index is 13.4. The monoisotopic (exact) mass is 427 g/mol. The normalized spacial score (nSPS) is 18.9. The van der Waals surface area contributed by atoms with Crippen LogP contribution in [0.15, 0.2) is 90.5 Å². The summed E-state index contributed by atoms with van der Waals surface area (Å²) in [4.78, 5) is 25.1. The van der Waals surface area contributed by atoms with Crippen LogP contribution in [0.2, 0.25) is 0 Å². The minimum atomic E-state index is -0.802. The zero-order chi connectivity index (χ0) is 22.1. The fourth-order valence-corrected chi connectivity index (χ4v) is 5.10. The van der Waals surface area contributed by atoms with Gasteiger partial charge in [0.15, 0.2) is 0 Å². The molecule has 5 heteroatoms. The highest BCUT2D eigenvalue weighted by atomic mass is 17.2. The van der Waals surface area contributed by atoms with Crippen molar-refractivity contribution in [3.8, 4) is 11.1 Å². The van der Waals surface area contributed by atoms with Crippen molar-refractivity contribution in [1.29, 1.82) is 0 Å². The van der Waals surface area contributed by atoms with Crippen LogP contribution in [0.3, 0.4) is 0 Å². The van der Waals surface area contributed by atoms with Crippen molar-refractivity contribution in [3.05, 3.63) is 107 Å². The third kappa shape index (κ3) is 2.97. The third-order valence-corrected chi connectivity index (χ3v) is 6.47. The summed E-state index contributed by atoms with van der Waals surface area (Å²) in [6.07, 6.45) is 1.61. The second-order valence-corrected chi connectivity index (χ2v) is 8.03. The SMILES string of the molecule is COOC/C=C(\C)C1COC(=O)N1C1(c2ccccc2)c2ccccc2-c2ccccc21. The number of carbonyl (C=O) groups excluding carboxylic acids is 1. The fraction of sp³-hybridized carbons (Fsp3) is 0.222. The lowest BCUT2D eigenvalue weighted by Gasteiger charge is -2.43. The molecule has 0 bridgehead atoms. The number of benzene rings is 3. The molecule has 1 heterocycles. The van der Waals surface area contributed by atoms with Gasteiger partial charge in [0.05, 0.1) is 13.2 Å². The van der Waals surface area contributed by atoms with Gasteiger partial charge in [0.25, 0.3) is 0 Å². The van der Waals surface area contributed by atoms with E-state index < -0.39 is 5.54 Å². The van der Waals surface area contributed by atoms with Gasteiger partial charge in [0.1, 0.15) is 18.8 Å². The molecule has 1 amide bonds. The van der Waals surface area contributed by atoms with Crippen LogP contribution < -0.4 is 0 Å². The zero-order valence-corrected chi connectivity index (χ0v) is 18.2. The summed E-state index contributed by atoms with van der Waals surface area (Å²) in [6.45, 7) is 2.59. The zero-order valence-electron chi connectivity index (χ0n) is 18.2. The van der Waals surface area contributed by atoms with Crippen LogP contribution in [0, 0.1) is 0 Å². The number of fused-ring (bicyclic) bond motifs is 3. The number of rotatable bonds is 6. The summed E-state index contributed by atoms with van der Waals surface area (Å²) in [7, 11) is 1.48. The highest BCUT2D eigenvalue weighted by Crippen LogP contribution is 2.56. The van der Waals surface area contributed by atoms with Gasteiger partial charge in [-0.2, -0.15) is 0 Å². The Labute approximate surface area is 187 Å². The summed E-state index contributed by atoms with van der Waals surface area (Å²) < 4.78 is 5.67. The molecular weight excluding hydrogens is 402 g/mol. The highest BCUT2D eigenvalue weighted by molar-refractivity contribution is 5.87. The lowest BCUT2D eigenvalue weighted by Crippen LogP contribution is -2.52. The average molecular weight is 428 g/mol. The molecule has 0 radical (unpaired) electrons. The molecule has 1 atom stereocenters. The molecule has 1 saturated heterocycles. The molecule has 3 aromatic rings. The van der Waals surface area contributed by atoms with E-state index in [2.05, 4.69) is 36.4 Å². The van der Waals surface area contributed by atoms with Gasteiger partial charge < -0.3 is 4.74 Å². The number of cyclic esters (lactones) is 1. The minimum Gasteiger partial charge on any atom is -0.447 e. The van der Waals surface area contributed by atoms with Crippen molar-refractivity contribution in [3.63, 3.8) is 0 Å². The smallest absolute Gasteiger partial charge is 0.411 e. The predicted molar refractivity (Wildman–Crippen MR) is 122 cm³/mol. The molecule has 0 N–H and O–H groups in total. The van der Waals surface area contributed by atoms with E-state index in [4.69, 9.17) is 14.5 Å². The van der Waals surface area contributed by atoms with E-state index in [1.807, 2.05) is 60.4 Å². The molecule has 1 aliphatic carbocycles. The van der Waals surface area contributed by atoms with Gasteiger partial charge in [-0.1, -0.05) is 84.9 Å². The molecule has 1 aliphatic heterocycles. The lowest BCUT2D eigenvalue weighted by atomic mass is 9.78. The van der Waals surface area contributed by atoms with Crippen molar-refractivity contribution < 1.29 is 19.3 Å². The Balaban J connectivity index is 1.79. The predicted octanol–water partition coefficient (Wildman–Crippen LogP) is 5.30. The summed E-state index contributed by atoms with van der Waals surface area (Å²) >= 11 is 0. The second-order valence-electron chi connectivity index (χ2n) is 8.03. The van der Waals surface area contributed by atoms with E-state index in [1.54, 1.807) is 0 Å². The fourth-order valence-electron chi connectivity index (χ4n) is 5.10. The van der Waals surface area contributed by atoms with Crippen LogP contribution in [0.5, 0.6) is 0 Å². The number of hydrogen-bond acceptors (Lipinski definition) is 4. The summed E-state index contributed by atoms with van der Waals surface area (Å²) in [5.74, 6) is 0. The first-order valence-electron chi connectivity index (χ1n) is 10.7. The maximum atomic E-state index is 13.4. The van der Waals surface area contributed by atoms with E-state index >= 15 is 0 Å². The van der Waals surface area contributed by atoms with Crippen LogP contribution in [0.1, 0.15) is 23.6 Å². The second kappa shape index (κ2) is 8.26. The molecule has 1 fully saturated rings. The van der Waals surface area contributed by atoms with Crippen molar-refractivity contribution in [2.75, 3.05) is 20.3 Å². The van der Waals surface area contributed by atoms with Crippen LogP contribution in [0.4, 0.5) is 4.79 Å². The first kappa shape index (κ1) is 20.5. The Kier molecular flexibility index (Phi) is 5.29. The Bertz CT molecular complexity index is 1130. The first-order valence-corrected chi connectivity index (χ1v) is 10.7. The van der Waals surface area contributed by atoms with E-state index in [0.29, 0.717) is 6.61 Å². The Hall–Kier alpha value is -3.41. The molecule has 5 nitrogen and oxygen atoms in total. The third-order valence-electron chi connectivity index (χ3n) is 6.47. The van der Waals surface area contributed by atoms with Crippen molar-refractivity contribution in [2.45, 2.75) is 18.5 Å². The molecule has 3 aromatic carbocycles. The summed E-state index contributed by atoms with van der Waals surface area (Å²) in [5.41, 5.74) is 5.65. The van der Waals surface area contributed by atoms with E-state index in [-0.39, 0.29) is 18.7 Å². The number of ether oxygens (including phenoxy) is 1. The quantitative estimate of drug-likeness (QED) is 0.232. The standard InChI is InChI=1S/C27H25NO4/c1-19(16-17-32-30-2)25-18-31-26(29)28(25)27(20-10-4-3-5-11-20)23-14-8-6-12-21(23)22-13-7-9-15-24(22)27/h3-16,25H,17-18H2,1-2H3/b19-16+. The van der Waals surface area contributed by atoms with Gasteiger partial charge in [-0.05, 0) is 40.3 Å². The van der Waals surface area contributed by atoms with Gasteiger partial charge in [0, 0.05) is 0 Å². The summed E-state index contributed by atoms with van der Waals surface area (Å²) in [6, 6.07) is 26.6. The molecular formula is C27H25NO4. The largest absolute Gasteiger partial charge is 0.447 e. The van der Waals surface area contributed by atoms with Crippen molar-refractivity contribution in [2.24, 2.45) is 0 Å². The minimum absolute atomic E-state index is 0.248. The number of hydrogen-bond donors (Lipinski definition) is 0. The van der Waals surface area contributed by atoms with E-state index in [0.717, 1.165) is 33.4 Å². The van der Waals surface area contributed by atoms with Gasteiger partial charge in [-0.25, -0.2) is 14.6 Å². The van der Waals surface area contributed by atoms with Crippen LogP contribution >= 0.6 is 0 Å². The van der Waals surface area contributed by atoms with Crippen LogP contribution in [-0.2, 0) is 20.1 Å². The number of carbonyl (C=O) groups is 1.